The summed E-state index contributed by atoms with van der Waals surface area (Å²) in [7, 11) is 0. The maximum Gasteiger partial charge on any atom is 0.119 e. The minimum absolute atomic E-state index is 0.326. The first kappa shape index (κ1) is 8.41. The number of hydrogen-bond acceptors (Lipinski definition) is 1. The molecule has 0 aliphatic heterocycles. The Bertz CT molecular complexity index is 296. The van der Waals surface area contributed by atoms with Crippen molar-refractivity contribution in [2.24, 2.45) is 0 Å². The maximum atomic E-state index is 9.27. The third-order valence-electron chi connectivity index (χ3n) is 1.34. The van der Waals surface area contributed by atoms with Crippen LogP contribution >= 0.6 is 22.6 Å². The molecule has 0 atom stereocenters. The summed E-state index contributed by atoms with van der Waals surface area (Å²) in [5.41, 5.74) is 0.886. The van der Waals surface area contributed by atoms with Crippen molar-refractivity contribution < 1.29 is 5.11 Å². The first-order valence-corrected chi connectivity index (χ1v) is 4.28. The second-order valence-electron chi connectivity index (χ2n) is 2.08. The van der Waals surface area contributed by atoms with Gasteiger partial charge in [0.05, 0.1) is 0 Å². The van der Waals surface area contributed by atoms with Crippen LogP contribution in [0.15, 0.2) is 24.3 Å². The monoisotopic (exact) mass is 258 g/mol. The van der Waals surface area contributed by atoms with Gasteiger partial charge in [-0.1, -0.05) is 24.1 Å². The molecule has 1 aromatic carbocycles. The molecule has 0 radical (unpaired) electrons. The normalized spacial score (nSPS) is 8.45. The summed E-state index contributed by atoms with van der Waals surface area (Å²) in [6.45, 7) is 0. The molecule has 56 valence electrons. The van der Waals surface area contributed by atoms with E-state index in [0.717, 1.165) is 5.56 Å². The number of para-hydroxylation sites is 1. The molecule has 1 nitrogen and oxygen atoms in total. The van der Waals surface area contributed by atoms with Crippen molar-refractivity contribution in [2.75, 3.05) is 0 Å². The Morgan fingerprint density at radius 3 is 2.73 bits per heavy atom. The summed E-state index contributed by atoms with van der Waals surface area (Å²) in [5, 5.41) is 9.27. The molecule has 1 aromatic rings. The van der Waals surface area contributed by atoms with Gasteiger partial charge in [0.1, 0.15) is 5.75 Å². The van der Waals surface area contributed by atoms with Crippen LogP contribution in [0.5, 0.6) is 5.75 Å². The Hall–Kier alpha value is -0.690. The summed E-state index contributed by atoms with van der Waals surface area (Å²) in [4.78, 5) is 0. The molecule has 2 heteroatoms. The van der Waals surface area contributed by atoms with Gasteiger partial charge in [-0.15, -0.1) is 0 Å². The predicted molar refractivity (Wildman–Crippen MR) is 53.6 cm³/mol. The number of aromatic hydroxyl groups is 1. The first-order valence-electron chi connectivity index (χ1n) is 3.20. The Labute approximate surface area is 79.6 Å². The highest BCUT2D eigenvalue weighted by atomic mass is 127. The fraction of sp³-hybridized carbons (Fsp3) is 0.111. The van der Waals surface area contributed by atoms with Crippen LogP contribution in [0.1, 0.15) is 5.56 Å². The zero-order valence-corrected chi connectivity index (χ0v) is 8.00. The molecular weight excluding hydrogens is 251 g/mol. The van der Waals surface area contributed by atoms with Crippen LogP contribution < -0.4 is 0 Å². The highest BCUT2D eigenvalue weighted by Crippen LogP contribution is 2.15. The second kappa shape index (κ2) is 4.24. The van der Waals surface area contributed by atoms with Gasteiger partial charge in [0, 0.05) is 34.6 Å². The molecule has 0 spiro atoms. The van der Waals surface area contributed by atoms with Gasteiger partial charge < -0.3 is 5.11 Å². The van der Waals surface area contributed by atoms with Crippen LogP contribution in [0.3, 0.4) is 0 Å². The topological polar surface area (TPSA) is 20.2 Å². The smallest absolute Gasteiger partial charge is 0.119 e. The van der Waals surface area contributed by atoms with Crippen molar-refractivity contribution in [1.82, 2.24) is 0 Å². The molecule has 1 N–H and O–H groups in total. The predicted octanol–water partition coefficient (Wildman–Crippen LogP) is 2.33. The zero-order chi connectivity index (χ0) is 8.10. The van der Waals surface area contributed by atoms with Gasteiger partial charge in [0.15, 0.2) is 0 Å². The van der Waals surface area contributed by atoms with Gasteiger partial charge in [-0.2, -0.15) is 0 Å². The Morgan fingerprint density at radius 2 is 2.09 bits per heavy atom. The number of rotatable bonds is 1. The molecule has 0 amide bonds. The Morgan fingerprint density at radius 1 is 1.36 bits per heavy atom. The van der Waals surface area contributed by atoms with Crippen LogP contribution in [-0.4, -0.2) is 5.11 Å². The summed E-state index contributed by atoms with van der Waals surface area (Å²) in [5.74, 6) is 3.21. The lowest BCUT2D eigenvalue weighted by atomic mass is 10.1. The van der Waals surface area contributed by atoms with E-state index in [1.165, 1.54) is 0 Å². The summed E-state index contributed by atoms with van der Waals surface area (Å²) < 4.78 is 2.75. The quantitative estimate of drug-likeness (QED) is 0.605. The van der Waals surface area contributed by atoms with Crippen molar-refractivity contribution >= 4 is 22.6 Å². The van der Waals surface area contributed by atoms with Gasteiger partial charge in [-0.3, -0.25) is 0 Å². The molecule has 1 rings (SSSR count). The van der Waals surface area contributed by atoms with Crippen molar-refractivity contribution in [3.8, 4) is 15.6 Å². The number of phenols is 1. The Kier molecular flexibility index (Phi) is 3.24. The van der Waals surface area contributed by atoms with Crippen LogP contribution in [0.25, 0.3) is 0 Å². The molecule has 11 heavy (non-hydrogen) atoms. The third kappa shape index (κ3) is 2.43. The summed E-state index contributed by atoms with van der Waals surface area (Å²) in [6.07, 6.45) is 0.621. The zero-order valence-electron chi connectivity index (χ0n) is 5.84. The van der Waals surface area contributed by atoms with E-state index in [1.54, 1.807) is 12.1 Å². The number of hydrogen-bond donors (Lipinski definition) is 1. The van der Waals surface area contributed by atoms with E-state index in [2.05, 4.69) is 9.85 Å². The molecular formula is C9H7IO. The van der Waals surface area contributed by atoms with Gasteiger partial charge >= 0.3 is 0 Å². The highest BCUT2D eigenvalue weighted by Gasteiger charge is 1.94. The third-order valence-corrected chi connectivity index (χ3v) is 1.72. The van der Waals surface area contributed by atoms with Gasteiger partial charge in [-0.05, 0) is 9.99 Å². The van der Waals surface area contributed by atoms with E-state index in [4.69, 9.17) is 0 Å². The van der Waals surface area contributed by atoms with E-state index in [-0.39, 0.29) is 0 Å². The van der Waals surface area contributed by atoms with E-state index in [0.29, 0.717) is 12.2 Å². The van der Waals surface area contributed by atoms with Crippen LogP contribution in [0, 0.1) is 9.85 Å². The van der Waals surface area contributed by atoms with Gasteiger partial charge in [0.25, 0.3) is 0 Å². The standard InChI is InChI=1S/C9H7IO/c10-7-3-5-8-4-1-2-6-9(8)11/h1-2,4,6,11H,5H2. The van der Waals surface area contributed by atoms with Crippen molar-refractivity contribution in [1.29, 1.82) is 0 Å². The number of phenolic OH excluding ortho intramolecular Hbond substituents is 1. The minimum atomic E-state index is 0.326. The lowest BCUT2D eigenvalue weighted by Crippen LogP contribution is -1.80. The second-order valence-corrected chi connectivity index (χ2v) is 2.62. The number of halogens is 1. The molecule has 0 unspecified atom stereocenters. The average molecular weight is 258 g/mol. The van der Waals surface area contributed by atoms with E-state index < -0.39 is 0 Å². The van der Waals surface area contributed by atoms with Crippen molar-refractivity contribution in [3.05, 3.63) is 29.8 Å². The molecule has 0 aromatic heterocycles. The summed E-state index contributed by atoms with van der Waals surface area (Å²) >= 11 is 1.98. The van der Waals surface area contributed by atoms with Crippen LogP contribution in [-0.2, 0) is 6.42 Å². The van der Waals surface area contributed by atoms with E-state index in [1.807, 2.05) is 34.7 Å². The van der Waals surface area contributed by atoms with Crippen molar-refractivity contribution in [2.45, 2.75) is 6.42 Å². The van der Waals surface area contributed by atoms with E-state index in [9.17, 15) is 5.11 Å². The fourth-order valence-corrected chi connectivity index (χ4v) is 0.980. The molecule has 0 fully saturated rings. The maximum absolute atomic E-state index is 9.27. The number of benzene rings is 1. The SMILES string of the molecule is Oc1ccccc1CC#CI. The van der Waals surface area contributed by atoms with Crippen LogP contribution in [0.2, 0.25) is 0 Å². The lowest BCUT2D eigenvalue weighted by molar-refractivity contribution is 0.470. The first-order chi connectivity index (χ1) is 5.34. The van der Waals surface area contributed by atoms with E-state index >= 15 is 0 Å². The summed E-state index contributed by atoms with van der Waals surface area (Å²) in [6, 6.07) is 7.24. The molecule has 0 aliphatic carbocycles. The lowest BCUT2D eigenvalue weighted by Gasteiger charge is -1.96. The van der Waals surface area contributed by atoms with Gasteiger partial charge in [0.2, 0.25) is 0 Å². The Balaban J connectivity index is 2.83. The fourth-order valence-electron chi connectivity index (χ4n) is 0.789. The molecule has 0 saturated heterocycles. The average Bonchev–Trinajstić information content (AvgIpc) is 2.03. The van der Waals surface area contributed by atoms with Crippen LogP contribution in [0.4, 0.5) is 0 Å². The van der Waals surface area contributed by atoms with Gasteiger partial charge in [-0.25, -0.2) is 0 Å². The molecule has 0 heterocycles. The molecule has 0 saturated carbocycles. The van der Waals surface area contributed by atoms with Crippen molar-refractivity contribution in [3.63, 3.8) is 0 Å². The molecule has 0 aliphatic rings. The molecule has 0 bridgehead atoms. The minimum Gasteiger partial charge on any atom is -0.508 e. The largest absolute Gasteiger partial charge is 0.508 e. The highest BCUT2D eigenvalue weighted by molar-refractivity contribution is 14.1.